The monoisotopic (exact) mass is 456 g/mol. The Bertz CT molecular complexity index is 1130. The van der Waals surface area contributed by atoms with Crippen molar-refractivity contribution in [3.8, 4) is 16.9 Å². The minimum Gasteiger partial charge on any atom is -0.342 e. The zero-order chi connectivity index (χ0) is 23.5. The minimum absolute atomic E-state index is 0.0120. The molecule has 6 heteroatoms. The van der Waals surface area contributed by atoms with Gasteiger partial charge in [-0.2, -0.15) is 5.10 Å². The number of carbonyl (C=O) groups is 2. The molecule has 176 valence electrons. The Balaban J connectivity index is 1.33. The lowest BCUT2D eigenvalue weighted by Gasteiger charge is -2.35. The van der Waals surface area contributed by atoms with Gasteiger partial charge in [0.2, 0.25) is 5.91 Å². The average molecular weight is 457 g/mol. The van der Waals surface area contributed by atoms with Crippen molar-refractivity contribution in [2.45, 2.75) is 32.6 Å². The number of para-hydroxylation sites is 1. The first-order valence-electron chi connectivity index (χ1n) is 12.4. The van der Waals surface area contributed by atoms with E-state index >= 15 is 0 Å². The van der Waals surface area contributed by atoms with Crippen LogP contribution in [0.3, 0.4) is 0 Å². The maximum Gasteiger partial charge on any atom is 0.257 e. The van der Waals surface area contributed by atoms with Gasteiger partial charge in [-0.15, -0.1) is 0 Å². The summed E-state index contributed by atoms with van der Waals surface area (Å²) >= 11 is 0. The van der Waals surface area contributed by atoms with E-state index in [1.54, 1.807) is 4.68 Å². The number of likely N-dealkylation sites (tertiary alicyclic amines) is 2. The molecule has 2 amide bonds. The van der Waals surface area contributed by atoms with Crippen molar-refractivity contribution in [1.82, 2.24) is 19.6 Å². The SMILES string of the molecule is CC(C(=O)N1CCCC1)C1CCN(C(=O)c2cn(-c3ccccc3)nc2-c2ccccc2)CC1. The lowest BCUT2D eigenvalue weighted by Crippen LogP contribution is -2.43. The second-order valence-electron chi connectivity index (χ2n) is 9.49. The first kappa shape index (κ1) is 22.4. The topological polar surface area (TPSA) is 58.4 Å². The number of piperidine rings is 1. The summed E-state index contributed by atoms with van der Waals surface area (Å²) in [6.07, 6.45) is 5.81. The Labute approximate surface area is 201 Å². The predicted octanol–water partition coefficient (Wildman–Crippen LogP) is 4.65. The summed E-state index contributed by atoms with van der Waals surface area (Å²) < 4.78 is 1.79. The Hall–Kier alpha value is -3.41. The van der Waals surface area contributed by atoms with Crippen molar-refractivity contribution < 1.29 is 9.59 Å². The van der Waals surface area contributed by atoms with Gasteiger partial charge in [-0.05, 0) is 43.7 Å². The van der Waals surface area contributed by atoms with Crippen LogP contribution in [0, 0.1) is 11.8 Å². The summed E-state index contributed by atoms with van der Waals surface area (Å²) in [5, 5.41) is 4.80. The molecule has 0 radical (unpaired) electrons. The third-order valence-corrected chi connectivity index (χ3v) is 7.35. The van der Waals surface area contributed by atoms with Crippen LogP contribution in [0.5, 0.6) is 0 Å². The van der Waals surface area contributed by atoms with Gasteiger partial charge >= 0.3 is 0 Å². The smallest absolute Gasteiger partial charge is 0.257 e. The zero-order valence-electron chi connectivity index (χ0n) is 19.8. The van der Waals surface area contributed by atoms with Gasteiger partial charge in [0.1, 0.15) is 5.69 Å². The fourth-order valence-corrected chi connectivity index (χ4v) is 5.25. The van der Waals surface area contributed by atoms with Crippen molar-refractivity contribution >= 4 is 11.8 Å². The number of hydrogen-bond donors (Lipinski definition) is 0. The van der Waals surface area contributed by atoms with Crippen molar-refractivity contribution in [1.29, 1.82) is 0 Å². The normalized spacial score (nSPS) is 17.7. The van der Waals surface area contributed by atoms with Crippen LogP contribution >= 0.6 is 0 Å². The van der Waals surface area contributed by atoms with Crippen LogP contribution in [-0.2, 0) is 4.79 Å². The molecule has 6 nitrogen and oxygen atoms in total. The second-order valence-corrected chi connectivity index (χ2v) is 9.49. The number of hydrogen-bond acceptors (Lipinski definition) is 3. The molecule has 0 spiro atoms. The molecule has 1 atom stereocenters. The van der Waals surface area contributed by atoms with Gasteiger partial charge in [-0.3, -0.25) is 9.59 Å². The molecule has 34 heavy (non-hydrogen) atoms. The van der Waals surface area contributed by atoms with E-state index in [4.69, 9.17) is 5.10 Å². The lowest BCUT2D eigenvalue weighted by molar-refractivity contribution is -0.136. The number of nitrogens with zero attached hydrogens (tertiary/aromatic N) is 4. The van der Waals surface area contributed by atoms with Crippen LogP contribution in [0.25, 0.3) is 16.9 Å². The summed E-state index contributed by atoms with van der Waals surface area (Å²) in [4.78, 5) is 30.5. The Kier molecular flexibility index (Phi) is 6.48. The van der Waals surface area contributed by atoms with Crippen LogP contribution in [0.1, 0.15) is 43.0 Å². The first-order chi connectivity index (χ1) is 16.6. The third kappa shape index (κ3) is 4.49. The van der Waals surface area contributed by atoms with E-state index in [0.717, 1.165) is 50.0 Å². The molecule has 0 aliphatic carbocycles. The number of aromatic nitrogens is 2. The van der Waals surface area contributed by atoms with Gasteiger partial charge in [0.05, 0.1) is 11.3 Å². The molecule has 2 saturated heterocycles. The summed E-state index contributed by atoms with van der Waals surface area (Å²) in [5.74, 6) is 0.657. The van der Waals surface area contributed by atoms with E-state index in [1.165, 1.54) is 0 Å². The highest BCUT2D eigenvalue weighted by molar-refractivity contribution is 6.00. The standard InChI is InChI=1S/C28H32N4O2/c1-21(27(33)30-16-8-9-17-30)22-14-18-31(19-15-22)28(34)25-20-32(24-12-6-3-7-13-24)29-26(25)23-10-4-2-5-11-23/h2-7,10-13,20-22H,8-9,14-19H2,1H3. The lowest BCUT2D eigenvalue weighted by atomic mass is 9.84. The first-order valence-corrected chi connectivity index (χ1v) is 12.4. The summed E-state index contributed by atoms with van der Waals surface area (Å²) in [6.45, 7) is 5.21. The van der Waals surface area contributed by atoms with Crippen LogP contribution in [0.2, 0.25) is 0 Å². The van der Waals surface area contributed by atoms with Crippen LogP contribution in [0.15, 0.2) is 66.9 Å². The van der Waals surface area contributed by atoms with E-state index < -0.39 is 0 Å². The van der Waals surface area contributed by atoms with E-state index in [-0.39, 0.29) is 17.7 Å². The molecule has 0 bridgehead atoms. The number of carbonyl (C=O) groups excluding carboxylic acids is 2. The number of rotatable bonds is 5. The molecule has 3 heterocycles. The van der Waals surface area contributed by atoms with Gasteiger partial charge in [0, 0.05) is 43.9 Å². The van der Waals surface area contributed by atoms with Crippen molar-refractivity contribution in [2.75, 3.05) is 26.2 Å². The molecule has 5 rings (SSSR count). The van der Waals surface area contributed by atoms with Crippen molar-refractivity contribution in [3.63, 3.8) is 0 Å². The Morgan fingerprint density at radius 3 is 2.12 bits per heavy atom. The molecular formula is C28H32N4O2. The number of amides is 2. The second kappa shape index (κ2) is 9.84. The highest BCUT2D eigenvalue weighted by atomic mass is 16.2. The summed E-state index contributed by atoms with van der Waals surface area (Å²) in [5.41, 5.74) is 3.18. The molecule has 2 aliphatic heterocycles. The van der Waals surface area contributed by atoms with E-state index in [2.05, 4.69) is 6.92 Å². The van der Waals surface area contributed by atoms with Crippen LogP contribution in [0.4, 0.5) is 0 Å². The quantitative estimate of drug-likeness (QED) is 0.562. The van der Waals surface area contributed by atoms with Gasteiger partial charge in [-0.25, -0.2) is 4.68 Å². The van der Waals surface area contributed by atoms with Gasteiger partial charge in [0.25, 0.3) is 5.91 Å². The Morgan fingerprint density at radius 1 is 0.853 bits per heavy atom. The summed E-state index contributed by atoms with van der Waals surface area (Å²) in [6, 6.07) is 19.8. The van der Waals surface area contributed by atoms with Crippen molar-refractivity contribution in [2.24, 2.45) is 11.8 Å². The highest BCUT2D eigenvalue weighted by Crippen LogP contribution is 2.30. The van der Waals surface area contributed by atoms with Gasteiger partial charge in [0.15, 0.2) is 0 Å². The minimum atomic E-state index is 0.0120. The van der Waals surface area contributed by atoms with E-state index in [9.17, 15) is 9.59 Å². The number of benzene rings is 2. The fourth-order valence-electron chi connectivity index (χ4n) is 5.25. The molecule has 0 saturated carbocycles. The van der Waals surface area contributed by atoms with Crippen molar-refractivity contribution in [3.05, 3.63) is 72.4 Å². The highest BCUT2D eigenvalue weighted by Gasteiger charge is 2.34. The van der Waals surface area contributed by atoms with Gasteiger partial charge in [-0.1, -0.05) is 55.5 Å². The molecule has 1 unspecified atom stereocenters. The molecule has 0 N–H and O–H groups in total. The molecule has 2 aliphatic rings. The molecule has 2 aromatic carbocycles. The van der Waals surface area contributed by atoms with Gasteiger partial charge < -0.3 is 9.80 Å². The molecular weight excluding hydrogens is 424 g/mol. The van der Waals surface area contributed by atoms with Crippen LogP contribution in [-0.4, -0.2) is 57.6 Å². The Morgan fingerprint density at radius 2 is 1.47 bits per heavy atom. The fraction of sp³-hybridized carbons (Fsp3) is 0.393. The zero-order valence-corrected chi connectivity index (χ0v) is 19.8. The third-order valence-electron chi connectivity index (χ3n) is 7.35. The molecule has 2 fully saturated rings. The van der Waals surface area contributed by atoms with E-state index in [0.29, 0.717) is 30.3 Å². The molecule has 1 aromatic heterocycles. The van der Waals surface area contributed by atoms with E-state index in [1.807, 2.05) is 76.7 Å². The van der Waals surface area contributed by atoms with Crippen LogP contribution < -0.4 is 0 Å². The maximum absolute atomic E-state index is 13.7. The predicted molar refractivity (Wildman–Crippen MR) is 133 cm³/mol. The average Bonchev–Trinajstić information content (AvgIpc) is 3.60. The maximum atomic E-state index is 13.7. The largest absolute Gasteiger partial charge is 0.342 e. The molecule has 3 aromatic rings. The summed E-state index contributed by atoms with van der Waals surface area (Å²) in [7, 11) is 0.